The molecule has 27 heavy (non-hydrogen) atoms. The zero-order valence-electron chi connectivity index (χ0n) is 14.4. The van der Waals surface area contributed by atoms with Crippen LogP contribution in [0.2, 0.25) is 0 Å². The number of nitrogens with zero attached hydrogens (tertiary/aromatic N) is 3. The molecule has 0 aliphatic carbocycles. The molecule has 2 N–H and O–H groups in total. The van der Waals surface area contributed by atoms with E-state index in [4.69, 9.17) is 9.47 Å². The second-order valence-electron chi connectivity index (χ2n) is 5.72. The number of aromatic nitrogens is 3. The average molecular weight is 447 g/mol. The van der Waals surface area contributed by atoms with Crippen molar-refractivity contribution in [3.05, 3.63) is 46.4 Å². The van der Waals surface area contributed by atoms with Crippen molar-refractivity contribution < 1.29 is 14.6 Å². The first kappa shape index (κ1) is 17.9. The van der Waals surface area contributed by atoms with E-state index in [1.807, 2.05) is 30.5 Å². The fraction of sp³-hybridized carbons (Fsp3) is 0.167. The van der Waals surface area contributed by atoms with Gasteiger partial charge in [0.2, 0.25) is 11.0 Å². The lowest BCUT2D eigenvalue weighted by atomic mass is 10.1. The van der Waals surface area contributed by atoms with Crippen LogP contribution >= 0.6 is 27.7 Å². The van der Waals surface area contributed by atoms with Gasteiger partial charge in [0.25, 0.3) is 0 Å². The maximum atomic E-state index is 10.1. The number of nitrogens with one attached hydrogen (secondary N) is 1. The monoisotopic (exact) mass is 446 g/mol. The Labute approximate surface area is 168 Å². The minimum absolute atomic E-state index is 0.0338. The van der Waals surface area contributed by atoms with Gasteiger partial charge in [-0.15, -0.1) is 10.2 Å². The third-order valence-electron chi connectivity index (χ3n) is 4.08. The summed E-state index contributed by atoms with van der Waals surface area (Å²) in [6.45, 7) is 0. The summed E-state index contributed by atoms with van der Waals surface area (Å²) in [5.41, 5.74) is 2.92. The van der Waals surface area contributed by atoms with Gasteiger partial charge in [0.1, 0.15) is 0 Å². The molecule has 0 radical (unpaired) electrons. The molecule has 2 heterocycles. The number of phenols is 1. The van der Waals surface area contributed by atoms with Crippen LogP contribution in [0.15, 0.2) is 46.0 Å². The number of phenolic OH excluding ortho intramolecular Hbond substituents is 1. The Bertz CT molecular complexity index is 1020. The first-order chi connectivity index (χ1) is 13.1. The minimum atomic E-state index is -0.575. The van der Waals surface area contributed by atoms with Crippen LogP contribution < -0.4 is 14.8 Å². The number of hydrogen-bond donors (Lipinski definition) is 2. The molecule has 2 aromatic carbocycles. The van der Waals surface area contributed by atoms with Crippen molar-refractivity contribution in [2.75, 3.05) is 18.7 Å². The lowest BCUT2D eigenvalue weighted by Gasteiger charge is -2.20. The van der Waals surface area contributed by atoms with E-state index in [-0.39, 0.29) is 5.75 Å². The van der Waals surface area contributed by atoms with Crippen LogP contribution in [0.25, 0.3) is 11.3 Å². The third kappa shape index (κ3) is 3.40. The van der Waals surface area contributed by atoms with E-state index in [0.29, 0.717) is 22.5 Å². The molecule has 0 amide bonds. The van der Waals surface area contributed by atoms with Crippen LogP contribution in [0.5, 0.6) is 17.4 Å². The van der Waals surface area contributed by atoms with Gasteiger partial charge < -0.3 is 19.9 Å². The van der Waals surface area contributed by atoms with Crippen LogP contribution in [0.4, 0.5) is 5.69 Å². The fourth-order valence-electron chi connectivity index (χ4n) is 2.78. The van der Waals surface area contributed by atoms with Crippen molar-refractivity contribution in [2.24, 2.45) is 0 Å². The van der Waals surface area contributed by atoms with Crippen molar-refractivity contribution in [2.45, 2.75) is 11.4 Å². The molecule has 1 atom stereocenters. The standard InChI is InChI=1S/C18H15BrN4O3S/c1-25-14-6-3-9(7-13(14)24)16-20-12-5-4-10(19)8-11(12)15-17(26-16)21-18(27-2)23-22-15/h3-8,16,20,24H,1-2H3/t16-/m0/s1. The number of benzene rings is 2. The van der Waals surface area contributed by atoms with Gasteiger partial charge in [0, 0.05) is 21.3 Å². The summed E-state index contributed by atoms with van der Waals surface area (Å²) in [6.07, 6.45) is 1.30. The van der Waals surface area contributed by atoms with E-state index in [1.54, 1.807) is 12.1 Å². The molecule has 7 nitrogen and oxygen atoms in total. The molecule has 9 heteroatoms. The quantitative estimate of drug-likeness (QED) is 0.577. The fourth-order valence-corrected chi connectivity index (χ4v) is 3.44. The zero-order valence-corrected chi connectivity index (χ0v) is 16.8. The first-order valence-electron chi connectivity index (χ1n) is 7.98. The van der Waals surface area contributed by atoms with E-state index in [2.05, 4.69) is 36.4 Å². The number of thioether (sulfide) groups is 1. The Hall–Kier alpha value is -2.52. The lowest BCUT2D eigenvalue weighted by molar-refractivity contribution is 0.224. The van der Waals surface area contributed by atoms with Crippen molar-refractivity contribution in [3.63, 3.8) is 0 Å². The third-order valence-corrected chi connectivity index (χ3v) is 5.11. The van der Waals surface area contributed by atoms with Crippen molar-refractivity contribution in [1.29, 1.82) is 0 Å². The maximum absolute atomic E-state index is 10.1. The summed E-state index contributed by atoms with van der Waals surface area (Å²) in [4.78, 5) is 4.48. The van der Waals surface area contributed by atoms with Crippen LogP contribution in [0, 0.1) is 0 Å². The number of hydrogen-bond acceptors (Lipinski definition) is 8. The van der Waals surface area contributed by atoms with Gasteiger partial charge in [0.05, 0.1) is 7.11 Å². The predicted molar refractivity (Wildman–Crippen MR) is 106 cm³/mol. The van der Waals surface area contributed by atoms with E-state index < -0.39 is 6.23 Å². The molecular formula is C18H15BrN4O3S. The van der Waals surface area contributed by atoms with Crippen LogP contribution in [0.1, 0.15) is 11.8 Å². The minimum Gasteiger partial charge on any atom is -0.504 e. The summed E-state index contributed by atoms with van der Waals surface area (Å²) < 4.78 is 12.2. The smallest absolute Gasteiger partial charge is 0.247 e. The Kier molecular flexibility index (Phi) is 4.79. The van der Waals surface area contributed by atoms with Crippen molar-refractivity contribution in [3.8, 4) is 28.6 Å². The number of anilines is 1. The highest BCUT2D eigenvalue weighted by molar-refractivity contribution is 9.10. The van der Waals surface area contributed by atoms with E-state index in [1.165, 1.54) is 18.9 Å². The Morgan fingerprint density at radius 1 is 1.22 bits per heavy atom. The van der Waals surface area contributed by atoms with E-state index >= 15 is 0 Å². The van der Waals surface area contributed by atoms with E-state index in [9.17, 15) is 5.11 Å². The molecule has 0 spiro atoms. The summed E-state index contributed by atoms with van der Waals surface area (Å²) >= 11 is 4.88. The molecular weight excluding hydrogens is 432 g/mol. The van der Waals surface area contributed by atoms with Crippen molar-refractivity contribution >= 4 is 33.4 Å². The summed E-state index contributed by atoms with van der Waals surface area (Å²) in [5.74, 6) is 0.802. The Morgan fingerprint density at radius 3 is 2.81 bits per heavy atom. The molecule has 0 saturated heterocycles. The molecule has 0 saturated carbocycles. The molecule has 3 aromatic rings. The van der Waals surface area contributed by atoms with Gasteiger partial charge in [-0.05, 0) is 42.7 Å². The number of halogens is 1. The molecule has 0 unspecified atom stereocenters. The van der Waals surface area contributed by atoms with Gasteiger partial charge in [-0.2, -0.15) is 4.98 Å². The molecule has 0 fully saturated rings. The van der Waals surface area contributed by atoms with Crippen LogP contribution in [-0.4, -0.2) is 33.7 Å². The molecule has 1 aliphatic rings. The molecule has 1 aliphatic heterocycles. The highest BCUT2D eigenvalue weighted by atomic mass is 79.9. The Balaban J connectivity index is 1.85. The lowest BCUT2D eigenvalue weighted by Crippen LogP contribution is -2.17. The Morgan fingerprint density at radius 2 is 2.07 bits per heavy atom. The van der Waals surface area contributed by atoms with Crippen LogP contribution in [0.3, 0.4) is 0 Å². The SMILES string of the molecule is COc1ccc([C@H]2Nc3ccc(Br)cc3-c3nnc(SC)nc3O2)cc1O. The zero-order chi connectivity index (χ0) is 19.0. The number of ether oxygens (including phenoxy) is 2. The number of fused-ring (bicyclic) bond motifs is 3. The molecule has 138 valence electrons. The van der Waals surface area contributed by atoms with Gasteiger partial charge in [-0.1, -0.05) is 27.7 Å². The molecule has 4 rings (SSSR count). The largest absolute Gasteiger partial charge is 0.504 e. The van der Waals surface area contributed by atoms with Gasteiger partial charge in [0.15, 0.2) is 23.4 Å². The highest BCUT2D eigenvalue weighted by Gasteiger charge is 2.26. The summed E-state index contributed by atoms with van der Waals surface area (Å²) in [7, 11) is 1.51. The second kappa shape index (κ2) is 7.24. The molecule has 1 aromatic heterocycles. The molecule has 0 bridgehead atoms. The van der Waals surface area contributed by atoms with Gasteiger partial charge in [-0.3, -0.25) is 0 Å². The van der Waals surface area contributed by atoms with Gasteiger partial charge >= 0.3 is 0 Å². The predicted octanol–water partition coefficient (Wildman–Crippen LogP) is 4.24. The topological polar surface area (TPSA) is 89.4 Å². The number of rotatable bonds is 3. The summed E-state index contributed by atoms with van der Waals surface area (Å²) in [5, 5.41) is 22.5. The average Bonchev–Trinajstić information content (AvgIpc) is 2.84. The van der Waals surface area contributed by atoms with Crippen LogP contribution in [-0.2, 0) is 0 Å². The van der Waals surface area contributed by atoms with E-state index in [0.717, 1.165) is 21.3 Å². The van der Waals surface area contributed by atoms with Crippen molar-refractivity contribution in [1.82, 2.24) is 15.2 Å². The summed E-state index contributed by atoms with van der Waals surface area (Å²) in [6, 6.07) is 10.9. The number of methoxy groups -OCH3 is 1. The highest BCUT2D eigenvalue weighted by Crippen LogP contribution is 2.41. The number of aromatic hydroxyl groups is 1. The second-order valence-corrected chi connectivity index (χ2v) is 7.40. The normalized spacial score (nSPS) is 15.0. The first-order valence-corrected chi connectivity index (χ1v) is 9.99. The maximum Gasteiger partial charge on any atom is 0.247 e. The van der Waals surface area contributed by atoms with Gasteiger partial charge in [-0.25, -0.2) is 0 Å².